The molecule has 132 valence electrons. The van der Waals surface area contributed by atoms with Crippen molar-refractivity contribution >= 4 is 6.20 Å². The third kappa shape index (κ3) is 13.2. The maximum absolute atomic E-state index is 2.29. The smallest absolute Gasteiger partial charge is 0.00823 e. The lowest BCUT2D eigenvalue weighted by atomic mass is 10.0. The summed E-state index contributed by atoms with van der Waals surface area (Å²) in [4.78, 5) is 0. The first-order valence-electron chi connectivity index (χ1n) is 10.2. The molecule has 0 aromatic carbocycles. The van der Waals surface area contributed by atoms with Gasteiger partial charge >= 0.3 is 0 Å². The summed E-state index contributed by atoms with van der Waals surface area (Å²) in [6.45, 7) is 2.29. The van der Waals surface area contributed by atoms with Gasteiger partial charge in [0.2, 0.25) is 0 Å². The fourth-order valence-corrected chi connectivity index (χ4v) is 3.10. The van der Waals surface area contributed by atoms with E-state index < -0.39 is 0 Å². The van der Waals surface area contributed by atoms with Gasteiger partial charge in [-0.3, -0.25) is 0 Å². The van der Waals surface area contributed by atoms with Crippen molar-refractivity contribution in [1.82, 2.24) is 4.57 Å². The zero-order valence-corrected chi connectivity index (χ0v) is 15.5. The molecule has 0 fully saturated rings. The third-order valence-corrected chi connectivity index (χ3v) is 4.63. The van der Waals surface area contributed by atoms with Crippen molar-refractivity contribution in [2.45, 2.75) is 103 Å². The molecule has 0 saturated heterocycles. The molecule has 1 nitrogen and oxygen atoms in total. The van der Waals surface area contributed by atoms with Gasteiger partial charge in [0.1, 0.15) is 0 Å². The standard InChI is InChI=1S/C22H39N/c1-2-3-4-5-6-7-8-9-10-11-12-13-14-15-16-17-20-23-21-18-19-22-23/h17-22H,2-16H2,1H3. The van der Waals surface area contributed by atoms with Gasteiger partial charge in [-0.25, -0.2) is 0 Å². The normalized spacial score (nSPS) is 11.5. The van der Waals surface area contributed by atoms with Gasteiger partial charge < -0.3 is 4.57 Å². The van der Waals surface area contributed by atoms with Crippen molar-refractivity contribution in [3.63, 3.8) is 0 Å². The van der Waals surface area contributed by atoms with Crippen LogP contribution in [0.4, 0.5) is 0 Å². The van der Waals surface area contributed by atoms with E-state index in [2.05, 4.69) is 48.3 Å². The van der Waals surface area contributed by atoms with Crippen LogP contribution < -0.4 is 0 Å². The molecule has 0 N–H and O–H groups in total. The van der Waals surface area contributed by atoms with Gasteiger partial charge in [0, 0.05) is 18.6 Å². The third-order valence-electron chi connectivity index (χ3n) is 4.63. The molecule has 0 atom stereocenters. The molecule has 1 heteroatoms. The fourth-order valence-electron chi connectivity index (χ4n) is 3.10. The van der Waals surface area contributed by atoms with E-state index >= 15 is 0 Å². The van der Waals surface area contributed by atoms with E-state index in [1.807, 2.05) is 0 Å². The Hall–Kier alpha value is -0.980. The van der Waals surface area contributed by atoms with E-state index in [1.165, 1.54) is 96.3 Å². The number of hydrogen-bond donors (Lipinski definition) is 0. The second-order valence-electron chi connectivity index (χ2n) is 6.90. The maximum Gasteiger partial charge on any atom is 0.00823 e. The van der Waals surface area contributed by atoms with Gasteiger partial charge in [-0.05, 0) is 25.0 Å². The van der Waals surface area contributed by atoms with Gasteiger partial charge in [0.25, 0.3) is 0 Å². The molecule has 1 aromatic heterocycles. The molecular weight excluding hydrogens is 278 g/mol. The summed E-state index contributed by atoms with van der Waals surface area (Å²) in [6, 6.07) is 4.13. The van der Waals surface area contributed by atoms with E-state index in [1.54, 1.807) is 0 Å². The van der Waals surface area contributed by atoms with Crippen LogP contribution >= 0.6 is 0 Å². The first-order valence-corrected chi connectivity index (χ1v) is 10.2. The fraction of sp³-hybridized carbons (Fsp3) is 0.727. The quantitative estimate of drug-likeness (QED) is 0.274. The first kappa shape index (κ1) is 20.1. The number of hydrogen-bond acceptors (Lipinski definition) is 0. The van der Waals surface area contributed by atoms with E-state index in [4.69, 9.17) is 0 Å². The Balaban J connectivity index is 1.71. The summed E-state index contributed by atoms with van der Waals surface area (Å²) in [5, 5.41) is 0. The Bertz CT molecular complexity index is 350. The molecule has 1 heterocycles. The van der Waals surface area contributed by atoms with Crippen LogP contribution in [0, 0.1) is 0 Å². The Labute approximate surface area is 145 Å². The molecule has 1 aromatic rings. The molecular formula is C22H39N. The Kier molecular flexibility index (Phi) is 13.9. The van der Waals surface area contributed by atoms with Gasteiger partial charge in [-0.15, -0.1) is 0 Å². The number of allylic oxidation sites excluding steroid dienone is 1. The van der Waals surface area contributed by atoms with Crippen LogP contribution in [-0.2, 0) is 0 Å². The van der Waals surface area contributed by atoms with Gasteiger partial charge in [-0.1, -0.05) is 96.5 Å². The van der Waals surface area contributed by atoms with E-state index in [0.29, 0.717) is 0 Å². The van der Waals surface area contributed by atoms with Crippen molar-refractivity contribution in [3.8, 4) is 0 Å². The highest BCUT2D eigenvalue weighted by Crippen LogP contribution is 2.13. The molecule has 0 bridgehead atoms. The van der Waals surface area contributed by atoms with E-state index in [0.717, 1.165) is 0 Å². The Morgan fingerprint density at radius 3 is 1.52 bits per heavy atom. The van der Waals surface area contributed by atoms with Crippen LogP contribution in [0.3, 0.4) is 0 Å². The molecule has 0 aliphatic heterocycles. The number of aromatic nitrogens is 1. The predicted molar refractivity (Wildman–Crippen MR) is 105 cm³/mol. The van der Waals surface area contributed by atoms with E-state index in [-0.39, 0.29) is 0 Å². The van der Waals surface area contributed by atoms with Crippen molar-refractivity contribution < 1.29 is 0 Å². The lowest BCUT2D eigenvalue weighted by Gasteiger charge is -2.02. The Morgan fingerprint density at radius 2 is 1.04 bits per heavy atom. The summed E-state index contributed by atoms with van der Waals surface area (Å²) < 4.78 is 2.11. The summed E-state index contributed by atoms with van der Waals surface area (Å²) in [5.74, 6) is 0. The second-order valence-corrected chi connectivity index (χ2v) is 6.90. The van der Waals surface area contributed by atoms with Crippen LogP contribution in [0.25, 0.3) is 6.20 Å². The topological polar surface area (TPSA) is 4.93 Å². The molecule has 0 spiro atoms. The molecule has 23 heavy (non-hydrogen) atoms. The zero-order chi connectivity index (χ0) is 16.4. The highest BCUT2D eigenvalue weighted by atomic mass is 14.9. The molecule has 0 aliphatic rings. The maximum atomic E-state index is 2.29. The van der Waals surface area contributed by atoms with Crippen molar-refractivity contribution in [2.24, 2.45) is 0 Å². The molecule has 0 radical (unpaired) electrons. The average molecular weight is 318 g/mol. The monoisotopic (exact) mass is 317 g/mol. The van der Waals surface area contributed by atoms with E-state index in [9.17, 15) is 0 Å². The van der Waals surface area contributed by atoms with Crippen LogP contribution in [0.1, 0.15) is 103 Å². The lowest BCUT2D eigenvalue weighted by molar-refractivity contribution is 0.536. The predicted octanol–water partition coefficient (Wildman–Crippen LogP) is 7.83. The molecule has 0 amide bonds. The summed E-state index contributed by atoms with van der Waals surface area (Å²) in [6.07, 6.45) is 30.0. The molecule has 1 rings (SSSR count). The highest BCUT2D eigenvalue weighted by molar-refractivity contribution is 5.22. The van der Waals surface area contributed by atoms with Gasteiger partial charge in [0.15, 0.2) is 0 Å². The zero-order valence-electron chi connectivity index (χ0n) is 15.5. The minimum absolute atomic E-state index is 1.22. The van der Waals surface area contributed by atoms with Crippen molar-refractivity contribution in [2.75, 3.05) is 0 Å². The summed E-state index contributed by atoms with van der Waals surface area (Å²) in [5.41, 5.74) is 0. The van der Waals surface area contributed by atoms with Crippen LogP contribution in [0.5, 0.6) is 0 Å². The number of unbranched alkanes of at least 4 members (excludes halogenated alkanes) is 14. The van der Waals surface area contributed by atoms with Crippen LogP contribution in [0.15, 0.2) is 30.6 Å². The largest absolute Gasteiger partial charge is 0.331 e. The van der Waals surface area contributed by atoms with Gasteiger partial charge in [0.05, 0.1) is 0 Å². The Morgan fingerprint density at radius 1 is 0.609 bits per heavy atom. The number of nitrogens with zero attached hydrogens (tertiary/aromatic N) is 1. The number of rotatable bonds is 16. The van der Waals surface area contributed by atoms with Crippen LogP contribution in [-0.4, -0.2) is 4.57 Å². The summed E-state index contributed by atoms with van der Waals surface area (Å²) >= 11 is 0. The minimum atomic E-state index is 1.22. The van der Waals surface area contributed by atoms with Crippen molar-refractivity contribution in [1.29, 1.82) is 0 Å². The molecule has 0 unspecified atom stereocenters. The van der Waals surface area contributed by atoms with Crippen LogP contribution in [0.2, 0.25) is 0 Å². The SMILES string of the molecule is CCCCCCCCCCCCCCCCC=Cn1cccc1. The van der Waals surface area contributed by atoms with Gasteiger partial charge in [-0.2, -0.15) is 0 Å². The molecule has 0 aliphatic carbocycles. The summed E-state index contributed by atoms with van der Waals surface area (Å²) in [7, 11) is 0. The highest BCUT2D eigenvalue weighted by Gasteiger charge is 1.93. The first-order chi connectivity index (χ1) is 11.4. The average Bonchev–Trinajstić information content (AvgIpc) is 3.08. The molecule has 0 saturated carbocycles. The second kappa shape index (κ2) is 15.9. The minimum Gasteiger partial charge on any atom is -0.331 e. The lowest BCUT2D eigenvalue weighted by Crippen LogP contribution is -1.83. The van der Waals surface area contributed by atoms with Crippen molar-refractivity contribution in [3.05, 3.63) is 30.6 Å².